The van der Waals surface area contributed by atoms with Gasteiger partial charge < -0.3 is 15.5 Å². The number of quaternary nitrogens is 1. The molecule has 0 amide bonds. The normalized spacial score (nSPS) is 10.6. The van der Waals surface area contributed by atoms with Crippen molar-refractivity contribution in [3.05, 3.63) is 68.7 Å². The van der Waals surface area contributed by atoms with E-state index in [1.165, 1.54) is 28.7 Å². The number of nitrogens with one attached hydrogen (secondary N) is 3. The van der Waals surface area contributed by atoms with Crippen LogP contribution in [0, 0.1) is 10.1 Å². The minimum absolute atomic E-state index is 0.0472. The molecule has 0 heterocycles. The van der Waals surface area contributed by atoms with E-state index in [1.54, 1.807) is 0 Å². The van der Waals surface area contributed by atoms with Gasteiger partial charge in [0.15, 0.2) is 5.11 Å². The number of anilines is 1. The maximum atomic E-state index is 10.9. The zero-order valence-corrected chi connectivity index (χ0v) is 15.6. The first-order valence-corrected chi connectivity index (χ1v) is 8.50. The van der Waals surface area contributed by atoms with E-state index < -0.39 is 4.92 Å². The van der Waals surface area contributed by atoms with E-state index in [-0.39, 0.29) is 5.69 Å². The Kier molecular flexibility index (Phi) is 6.69. The van der Waals surface area contributed by atoms with Crippen molar-refractivity contribution >= 4 is 40.3 Å². The molecule has 2 rings (SSSR count). The molecule has 0 saturated carbocycles. The standard InChI is InChI=1S/C17H19ClN4O2S/c1-21(2)11-13-6-4-3-5-12(13)10-19-17(25)20-16-9-14(22(23)24)7-8-15(16)18/h3-9H,10-11H2,1-2H3,(H2,19,20,25)/p+1. The topological polar surface area (TPSA) is 71.6 Å². The van der Waals surface area contributed by atoms with Crippen molar-refractivity contribution in [2.45, 2.75) is 13.1 Å². The lowest BCUT2D eigenvalue weighted by Gasteiger charge is -2.15. The minimum Gasteiger partial charge on any atom is -0.358 e. The molecule has 25 heavy (non-hydrogen) atoms. The zero-order valence-electron chi connectivity index (χ0n) is 14.0. The van der Waals surface area contributed by atoms with Crippen LogP contribution in [0.15, 0.2) is 42.5 Å². The Balaban J connectivity index is 2.02. The third-order valence-corrected chi connectivity index (χ3v) is 4.09. The Morgan fingerprint density at radius 3 is 2.56 bits per heavy atom. The summed E-state index contributed by atoms with van der Waals surface area (Å²) in [5, 5.41) is 17.6. The molecule has 0 bridgehead atoms. The Morgan fingerprint density at radius 2 is 1.92 bits per heavy atom. The number of non-ortho nitro benzene ring substituents is 1. The average molecular weight is 380 g/mol. The summed E-state index contributed by atoms with van der Waals surface area (Å²) in [5.41, 5.74) is 2.75. The van der Waals surface area contributed by atoms with Crippen LogP contribution < -0.4 is 15.5 Å². The van der Waals surface area contributed by atoms with Crippen molar-refractivity contribution in [2.75, 3.05) is 19.4 Å². The number of nitro groups is 1. The fraction of sp³-hybridized carbons (Fsp3) is 0.235. The van der Waals surface area contributed by atoms with Crippen molar-refractivity contribution in [1.29, 1.82) is 0 Å². The van der Waals surface area contributed by atoms with Crippen LogP contribution in [-0.2, 0) is 13.1 Å². The number of thiocarbonyl (C=S) groups is 1. The fourth-order valence-corrected chi connectivity index (χ4v) is 2.69. The smallest absolute Gasteiger partial charge is 0.271 e. The molecule has 0 fully saturated rings. The SMILES string of the molecule is C[NH+](C)Cc1ccccc1CNC(=S)Nc1cc([N+](=O)[O-])ccc1Cl. The van der Waals surface area contributed by atoms with E-state index in [9.17, 15) is 10.1 Å². The third kappa shape index (κ3) is 5.67. The van der Waals surface area contributed by atoms with Crippen LogP contribution in [0.3, 0.4) is 0 Å². The number of hydrogen-bond acceptors (Lipinski definition) is 3. The van der Waals surface area contributed by atoms with Crippen LogP contribution in [0.1, 0.15) is 11.1 Å². The molecular weight excluding hydrogens is 360 g/mol. The van der Waals surface area contributed by atoms with E-state index in [0.29, 0.717) is 22.4 Å². The van der Waals surface area contributed by atoms with Crippen molar-refractivity contribution in [3.8, 4) is 0 Å². The van der Waals surface area contributed by atoms with Crippen LogP contribution in [0.25, 0.3) is 0 Å². The van der Waals surface area contributed by atoms with Crippen LogP contribution >= 0.6 is 23.8 Å². The van der Waals surface area contributed by atoms with Gasteiger partial charge in [0.2, 0.25) is 0 Å². The molecule has 0 aliphatic carbocycles. The largest absolute Gasteiger partial charge is 0.358 e. The summed E-state index contributed by atoms with van der Waals surface area (Å²) in [6, 6.07) is 12.3. The summed E-state index contributed by atoms with van der Waals surface area (Å²) < 4.78 is 0. The predicted octanol–water partition coefficient (Wildman–Crippen LogP) is 2.38. The van der Waals surface area contributed by atoms with Gasteiger partial charge in [0.25, 0.3) is 5.69 Å². The van der Waals surface area contributed by atoms with E-state index in [1.807, 2.05) is 18.2 Å². The minimum atomic E-state index is -0.474. The van der Waals surface area contributed by atoms with Gasteiger partial charge in [0.1, 0.15) is 6.54 Å². The molecule has 2 aromatic carbocycles. The number of benzene rings is 2. The third-order valence-electron chi connectivity index (χ3n) is 3.51. The quantitative estimate of drug-likeness (QED) is 0.408. The molecule has 0 aromatic heterocycles. The maximum Gasteiger partial charge on any atom is 0.271 e. The molecule has 8 heteroatoms. The van der Waals surface area contributed by atoms with Crippen LogP contribution in [0.4, 0.5) is 11.4 Å². The molecule has 6 nitrogen and oxygen atoms in total. The van der Waals surface area contributed by atoms with Gasteiger partial charge in [0.05, 0.1) is 29.7 Å². The van der Waals surface area contributed by atoms with E-state index in [2.05, 4.69) is 30.8 Å². The highest BCUT2D eigenvalue weighted by molar-refractivity contribution is 7.80. The number of halogens is 1. The van der Waals surface area contributed by atoms with Crippen LogP contribution in [0.2, 0.25) is 5.02 Å². The molecule has 0 radical (unpaired) electrons. The molecule has 0 atom stereocenters. The summed E-state index contributed by atoms with van der Waals surface area (Å²) in [7, 11) is 4.20. The molecule has 0 aliphatic heterocycles. The molecular formula is C17H20ClN4O2S+. The summed E-state index contributed by atoms with van der Waals surface area (Å²) >= 11 is 11.3. The molecule has 132 valence electrons. The van der Waals surface area contributed by atoms with Gasteiger partial charge in [-0.1, -0.05) is 35.9 Å². The molecule has 0 unspecified atom stereocenters. The molecule has 3 N–H and O–H groups in total. The van der Waals surface area contributed by atoms with Gasteiger partial charge in [-0.2, -0.15) is 0 Å². The van der Waals surface area contributed by atoms with Gasteiger partial charge in [-0.15, -0.1) is 0 Å². The van der Waals surface area contributed by atoms with Crippen LogP contribution in [-0.4, -0.2) is 24.1 Å². The van der Waals surface area contributed by atoms with Gasteiger partial charge >= 0.3 is 0 Å². The van der Waals surface area contributed by atoms with E-state index >= 15 is 0 Å². The van der Waals surface area contributed by atoms with Crippen molar-refractivity contribution in [3.63, 3.8) is 0 Å². The summed E-state index contributed by atoms with van der Waals surface area (Å²) in [6.07, 6.45) is 0. The summed E-state index contributed by atoms with van der Waals surface area (Å²) in [4.78, 5) is 11.7. The first-order valence-electron chi connectivity index (χ1n) is 7.71. The first kappa shape index (κ1) is 19.1. The molecule has 0 aliphatic rings. The highest BCUT2D eigenvalue weighted by Crippen LogP contribution is 2.26. The molecule has 0 spiro atoms. The van der Waals surface area contributed by atoms with Crippen molar-refractivity contribution in [1.82, 2.24) is 5.32 Å². The lowest BCUT2D eigenvalue weighted by molar-refractivity contribution is -0.872. The van der Waals surface area contributed by atoms with Gasteiger partial charge in [0, 0.05) is 24.2 Å². The highest BCUT2D eigenvalue weighted by atomic mass is 35.5. The average Bonchev–Trinajstić information content (AvgIpc) is 2.55. The number of rotatable bonds is 6. The highest BCUT2D eigenvalue weighted by Gasteiger charge is 2.11. The van der Waals surface area contributed by atoms with Crippen LogP contribution in [0.5, 0.6) is 0 Å². The number of nitro benzene ring substituents is 1. The second-order valence-corrected chi connectivity index (χ2v) is 6.70. The Bertz CT molecular complexity index is 783. The van der Waals surface area contributed by atoms with Gasteiger partial charge in [-0.25, -0.2) is 0 Å². The first-order chi connectivity index (χ1) is 11.9. The Morgan fingerprint density at radius 1 is 1.24 bits per heavy atom. The second kappa shape index (κ2) is 8.75. The van der Waals surface area contributed by atoms with Gasteiger partial charge in [-0.3, -0.25) is 10.1 Å². The summed E-state index contributed by atoms with van der Waals surface area (Å²) in [5.74, 6) is 0. The zero-order chi connectivity index (χ0) is 18.4. The molecule has 2 aromatic rings. The molecule has 0 saturated heterocycles. The second-order valence-electron chi connectivity index (χ2n) is 5.88. The van der Waals surface area contributed by atoms with Gasteiger partial charge in [-0.05, 0) is 23.8 Å². The maximum absolute atomic E-state index is 10.9. The monoisotopic (exact) mass is 379 g/mol. The summed E-state index contributed by atoms with van der Waals surface area (Å²) in [6.45, 7) is 1.47. The van der Waals surface area contributed by atoms with E-state index in [0.717, 1.165) is 12.1 Å². The Hall–Kier alpha value is -2.22. The number of hydrogen-bond donors (Lipinski definition) is 3. The number of nitrogens with zero attached hydrogens (tertiary/aromatic N) is 1. The lowest BCUT2D eigenvalue weighted by Crippen LogP contribution is -3.04. The predicted molar refractivity (Wildman–Crippen MR) is 104 cm³/mol. The van der Waals surface area contributed by atoms with Crippen molar-refractivity contribution in [2.24, 2.45) is 0 Å². The Labute approximate surface area is 156 Å². The fourth-order valence-electron chi connectivity index (χ4n) is 2.35. The van der Waals surface area contributed by atoms with E-state index in [4.69, 9.17) is 23.8 Å². The lowest BCUT2D eigenvalue weighted by atomic mass is 10.1. The van der Waals surface area contributed by atoms with Crippen molar-refractivity contribution < 1.29 is 9.82 Å².